The second-order valence-corrected chi connectivity index (χ2v) is 21.4. The molecule has 3 rings (SSSR count). The summed E-state index contributed by atoms with van der Waals surface area (Å²) in [4.78, 5) is 3.85. The van der Waals surface area contributed by atoms with Gasteiger partial charge < -0.3 is 0 Å². The van der Waals surface area contributed by atoms with Crippen molar-refractivity contribution in [1.29, 1.82) is 0 Å². The van der Waals surface area contributed by atoms with Gasteiger partial charge in [-0.05, 0) is 6.08 Å². The molecule has 0 fully saturated rings. The fraction of sp³-hybridized carbons (Fsp3) is 0.400. The number of allylic oxidation sites excluding steroid dienone is 1. The van der Waals surface area contributed by atoms with E-state index in [-0.39, 0.29) is 0 Å². The Hall–Kier alpha value is -1.73. The summed E-state index contributed by atoms with van der Waals surface area (Å²) in [7, 11) is 0. The predicted molar refractivity (Wildman–Crippen MR) is 122 cm³/mol. The molecule has 0 unspecified atom stereocenters. The van der Waals surface area contributed by atoms with E-state index in [1.54, 1.807) is 6.21 Å². The van der Waals surface area contributed by atoms with Gasteiger partial charge in [0.1, 0.15) is 0 Å². The molecule has 28 heavy (non-hydrogen) atoms. The van der Waals surface area contributed by atoms with E-state index in [1.165, 1.54) is 19.4 Å². The van der Waals surface area contributed by atoms with Crippen molar-refractivity contribution in [3.63, 3.8) is 0 Å². The molecule has 2 aromatic carbocycles. The summed E-state index contributed by atoms with van der Waals surface area (Å²) in [6.07, 6.45) is 5.76. The first-order valence-corrected chi connectivity index (χ1v) is 16.7. The molecule has 0 aromatic heterocycles. The summed E-state index contributed by atoms with van der Waals surface area (Å²) >= 11 is -2.93. The van der Waals surface area contributed by atoms with Crippen LogP contribution in [0.15, 0.2) is 59.6 Å². The number of benzene rings is 2. The zero-order valence-corrected chi connectivity index (χ0v) is 20.1. The van der Waals surface area contributed by atoms with Gasteiger partial charge in [0.25, 0.3) is 0 Å². The van der Waals surface area contributed by atoms with E-state index in [0.717, 1.165) is 6.54 Å². The van der Waals surface area contributed by atoms with Gasteiger partial charge in [-0.15, -0.1) is 0 Å². The molecule has 3 heteroatoms. The van der Waals surface area contributed by atoms with Gasteiger partial charge in [0, 0.05) is 6.21 Å². The second-order valence-electron chi connectivity index (χ2n) is 8.67. The van der Waals surface area contributed by atoms with Crippen LogP contribution in [0.5, 0.6) is 5.75 Å². The summed E-state index contributed by atoms with van der Waals surface area (Å²) in [6.45, 7) is 9.81. The number of phenols is 1. The SMILES string of the molecule is C1=CCN=C1.CC(C)c1cc(O)cc(C(C)C)[c]1[Ru]([CH3])([CH3])([CH3])[c]1ccccc1. The Bertz CT molecular complexity index is 816. The van der Waals surface area contributed by atoms with Crippen molar-refractivity contribution in [3.8, 4) is 5.75 Å². The van der Waals surface area contributed by atoms with Gasteiger partial charge in [-0.2, -0.15) is 0 Å². The molecule has 155 valence electrons. The normalized spacial score (nSPS) is 14.7. The maximum absolute atomic E-state index is 10.3. The van der Waals surface area contributed by atoms with E-state index in [1.807, 2.05) is 24.3 Å². The number of nitrogens with zero attached hydrogens (tertiary/aromatic N) is 1. The summed E-state index contributed by atoms with van der Waals surface area (Å²) in [5.74, 6) is 1.20. The standard InChI is InChI=1S/C12H17O.C6H5.C4H5N.3CH3.Ru/c1-8(2)10-5-11(9(3)4)7-12(13)6-10;1-2-4-6-5-3-1;1-2-4-5-3-1;;;;/h6-9,13H,1-4H3;1-5H;1-3H,4H2;3*1H3;. The number of phenolic OH excluding ortho intramolecular Hbond substituents is 1. The first kappa shape index (κ1) is 22.6. The van der Waals surface area contributed by atoms with Crippen molar-refractivity contribution >= 4 is 14.5 Å². The molecule has 0 bridgehead atoms. The summed E-state index contributed by atoms with van der Waals surface area (Å²) in [5, 5.41) is 10.3. The van der Waals surface area contributed by atoms with Crippen LogP contribution in [0.25, 0.3) is 0 Å². The average Bonchev–Trinajstić information content (AvgIpc) is 3.21. The Morgan fingerprint density at radius 1 is 0.893 bits per heavy atom. The molecule has 0 saturated heterocycles. The Morgan fingerprint density at radius 2 is 1.43 bits per heavy atom. The number of hydrogen-bond acceptors (Lipinski definition) is 2. The number of hydrogen-bond donors (Lipinski definition) is 1. The molecule has 0 aliphatic carbocycles. The van der Waals surface area contributed by atoms with Gasteiger partial charge >= 0.3 is 142 Å². The Morgan fingerprint density at radius 3 is 1.79 bits per heavy atom. The topological polar surface area (TPSA) is 32.6 Å². The number of aliphatic imine (C=N–C) groups is 1. The maximum atomic E-state index is 10.3. The van der Waals surface area contributed by atoms with Crippen LogP contribution >= 0.6 is 0 Å². The van der Waals surface area contributed by atoms with Gasteiger partial charge in [0.05, 0.1) is 6.54 Å². The van der Waals surface area contributed by atoms with Crippen LogP contribution in [0, 0.1) is 0 Å². The van der Waals surface area contributed by atoms with Crippen LogP contribution in [-0.2, 0) is 13.6 Å². The van der Waals surface area contributed by atoms with E-state index in [0.29, 0.717) is 17.6 Å². The monoisotopic (exact) mass is 468 g/mol. The molecule has 0 radical (unpaired) electrons. The molecule has 1 heterocycles. The van der Waals surface area contributed by atoms with Crippen molar-refractivity contribution in [2.45, 2.75) is 56.1 Å². The molecular formula is C25H36NORu. The molecule has 0 atom stereocenters. The van der Waals surface area contributed by atoms with Crippen molar-refractivity contribution in [2.24, 2.45) is 4.99 Å². The third-order valence-corrected chi connectivity index (χ3v) is 13.1. The third-order valence-electron chi connectivity index (χ3n) is 4.94. The number of aromatic hydroxyl groups is 1. The first-order chi connectivity index (χ1) is 13.0. The quantitative estimate of drug-likeness (QED) is 0.546. The Kier molecular flexibility index (Phi) is 7.04. The molecular weight excluding hydrogens is 431 g/mol. The summed E-state index contributed by atoms with van der Waals surface area (Å²) in [5.41, 5.74) is 10.1. The number of rotatable bonds is 4. The average molecular weight is 468 g/mol. The van der Waals surface area contributed by atoms with E-state index in [9.17, 15) is 5.11 Å². The summed E-state index contributed by atoms with van der Waals surface area (Å²) in [6, 6.07) is 14.9. The fourth-order valence-electron chi connectivity index (χ4n) is 3.42. The van der Waals surface area contributed by atoms with Gasteiger partial charge in [-0.1, -0.05) is 6.08 Å². The zero-order chi connectivity index (χ0) is 21.0. The van der Waals surface area contributed by atoms with Gasteiger partial charge in [-0.25, -0.2) is 0 Å². The van der Waals surface area contributed by atoms with Gasteiger partial charge in [-0.3, -0.25) is 4.99 Å². The third kappa shape index (κ3) is 5.00. The minimum atomic E-state index is -2.93. The fourth-order valence-corrected chi connectivity index (χ4v) is 11.1. The van der Waals surface area contributed by atoms with Crippen molar-refractivity contribution in [1.82, 2.24) is 0 Å². The molecule has 1 aliphatic heterocycles. The van der Waals surface area contributed by atoms with Crippen LogP contribution in [0.4, 0.5) is 0 Å². The Labute approximate surface area is 172 Å². The van der Waals surface area contributed by atoms with E-state index in [2.05, 4.69) is 79.6 Å². The van der Waals surface area contributed by atoms with Crippen molar-refractivity contribution < 1.29 is 18.7 Å². The molecule has 2 nitrogen and oxygen atoms in total. The van der Waals surface area contributed by atoms with Crippen molar-refractivity contribution in [2.75, 3.05) is 6.54 Å². The molecule has 1 N–H and O–H groups in total. The molecule has 2 aromatic rings. The second kappa shape index (κ2) is 8.74. The van der Waals surface area contributed by atoms with Crippen LogP contribution in [0.1, 0.15) is 50.7 Å². The first-order valence-electron chi connectivity index (χ1n) is 9.74. The van der Waals surface area contributed by atoms with Crippen LogP contribution < -0.4 is 8.32 Å². The Balaban J connectivity index is 0.000000485. The molecule has 1 aliphatic rings. The molecule has 0 saturated carbocycles. The van der Waals surface area contributed by atoms with Gasteiger partial charge in [0.15, 0.2) is 0 Å². The van der Waals surface area contributed by atoms with E-state index in [4.69, 9.17) is 0 Å². The van der Waals surface area contributed by atoms with Gasteiger partial charge in [0.2, 0.25) is 0 Å². The van der Waals surface area contributed by atoms with Crippen molar-refractivity contribution in [3.05, 3.63) is 65.7 Å². The van der Waals surface area contributed by atoms with E-state index < -0.39 is 13.6 Å². The summed E-state index contributed by atoms with van der Waals surface area (Å²) < 4.78 is 3.00. The van der Waals surface area contributed by atoms with Crippen LogP contribution in [-0.4, -0.2) is 17.9 Å². The zero-order valence-electron chi connectivity index (χ0n) is 18.4. The van der Waals surface area contributed by atoms with Crippen LogP contribution in [0.2, 0.25) is 16.6 Å². The van der Waals surface area contributed by atoms with Crippen LogP contribution in [0.3, 0.4) is 0 Å². The molecule has 0 amide bonds. The molecule has 0 spiro atoms. The minimum absolute atomic E-state index is 0.398. The predicted octanol–water partition coefficient (Wildman–Crippen LogP) is 6.05. The van der Waals surface area contributed by atoms with E-state index >= 15 is 0 Å².